The number of esters is 1. The number of hydrogen-bond acceptors (Lipinski definition) is 6. The lowest BCUT2D eigenvalue weighted by atomic mass is 10.0. The van der Waals surface area contributed by atoms with Crippen LogP contribution in [0.4, 0.5) is 24.5 Å². The third-order valence-corrected chi connectivity index (χ3v) is 6.92. The Balaban J connectivity index is 0.00000241. The summed E-state index contributed by atoms with van der Waals surface area (Å²) in [5.41, 5.74) is 0.569. The van der Waals surface area contributed by atoms with E-state index in [9.17, 15) is 22.8 Å². The zero-order valence-corrected chi connectivity index (χ0v) is 27.1. The first-order valence-electron chi connectivity index (χ1n) is 14.8. The van der Waals surface area contributed by atoms with Crippen molar-refractivity contribution in [3.05, 3.63) is 82.4 Å². The van der Waals surface area contributed by atoms with Crippen LogP contribution < -0.4 is 19.7 Å². The first kappa shape index (κ1) is 38.3. The normalized spacial score (nSPS) is 13.0. The summed E-state index contributed by atoms with van der Waals surface area (Å²) < 4.78 is 57.1. The van der Waals surface area contributed by atoms with Crippen molar-refractivity contribution >= 4 is 34.9 Å². The maximum absolute atomic E-state index is 14.0. The fourth-order valence-electron chi connectivity index (χ4n) is 4.71. The lowest BCUT2D eigenvalue weighted by molar-refractivity contribution is -0.155. The van der Waals surface area contributed by atoms with Gasteiger partial charge in [0.05, 0.1) is 19.3 Å². The van der Waals surface area contributed by atoms with E-state index in [-0.39, 0.29) is 38.7 Å². The smallest absolute Gasteiger partial charge is 0.416 e. The molecule has 0 spiro atoms. The van der Waals surface area contributed by atoms with Crippen LogP contribution in [0.3, 0.4) is 0 Å². The zero-order valence-electron chi connectivity index (χ0n) is 26.4. The molecule has 46 heavy (non-hydrogen) atoms. The van der Waals surface area contributed by atoms with Gasteiger partial charge in [0.15, 0.2) is 0 Å². The van der Waals surface area contributed by atoms with Crippen LogP contribution in [-0.4, -0.2) is 37.7 Å². The molecule has 0 bridgehead atoms. The van der Waals surface area contributed by atoms with Crippen LogP contribution in [-0.2, 0) is 26.9 Å². The number of hydrogen-bond donors (Lipinski definition) is 1. The number of amides is 1. The second-order valence-electron chi connectivity index (χ2n) is 11.1. The van der Waals surface area contributed by atoms with Gasteiger partial charge in [-0.15, -0.1) is 0 Å². The number of fused-ring (bicyclic) bond motifs is 1. The molecule has 1 aliphatic rings. The maximum Gasteiger partial charge on any atom is 0.416 e. The molecule has 3 aromatic carbocycles. The van der Waals surface area contributed by atoms with Crippen LogP contribution in [0.5, 0.6) is 11.5 Å². The molecule has 1 amide bonds. The SMILES string of the molecule is C.CC.COc1cc(NC(C(=O)N2CCc3ccc(C(F)(F)F)cc32)c2ccc(Cl)cc2)cc(OCCCC(=O)OC(C)(C)C)c1. The molecule has 1 atom stereocenters. The van der Waals surface area contributed by atoms with Gasteiger partial charge in [-0.3, -0.25) is 9.59 Å². The van der Waals surface area contributed by atoms with E-state index in [4.69, 9.17) is 25.8 Å². The van der Waals surface area contributed by atoms with Crippen molar-refractivity contribution in [1.29, 1.82) is 0 Å². The molecule has 4 rings (SSSR count). The quantitative estimate of drug-likeness (QED) is 0.172. The summed E-state index contributed by atoms with van der Waals surface area (Å²) >= 11 is 6.10. The number of carbonyl (C=O) groups excluding carboxylic acids is 2. The minimum absolute atomic E-state index is 0. The Labute approximate surface area is 275 Å². The summed E-state index contributed by atoms with van der Waals surface area (Å²) in [5, 5.41) is 3.70. The molecule has 1 heterocycles. The lowest BCUT2D eigenvalue weighted by Crippen LogP contribution is -2.37. The third-order valence-electron chi connectivity index (χ3n) is 6.67. The highest BCUT2D eigenvalue weighted by Crippen LogP contribution is 2.38. The zero-order chi connectivity index (χ0) is 33.4. The summed E-state index contributed by atoms with van der Waals surface area (Å²) in [4.78, 5) is 27.4. The fraction of sp³-hybridized carbons (Fsp3) is 0.429. The van der Waals surface area contributed by atoms with Crippen LogP contribution >= 0.6 is 11.6 Å². The van der Waals surface area contributed by atoms with E-state index in [2.05, 4.69) is 5.32 Å². The van der Waals surface area contributed by atoms with Gasteiger partial charge in [-0.1, -0.05) is 51.1 Å². The van der Waals surface area contributed by atoms with Gasteiger partial charge >= 0.3 is 12.1 Å². The first-order valence-corrected chi connectivity index (χ1v) is 15.2. The van der Waals surface area contributed by atoms with Gasteiger partial charge in [0, 0.05) is 47.6 Å². The highest BCUT2D eigenvalue weighted by molar-refractivity contribution is 6.30. The molecule has 252 valence electrons. The molecule has 0 radical (unpaired) electrons. The molecular formula is C35H44ClF3N2O5. The van der Waals surface area contributed by atoms with E-state index in [1.54, 1.807) is 63.2 Å². The molecule has 0 aromatic heterocycles. The Bertz CT molecular complexity index is 1460. The van der Waals surface area contributed by atoms with Gasteiger partial charge in [0.25, 0.3) is 5.91 Å². The number of rotatable bonds is 10. The molecule has 0 aliphatic carbocycles. The van der Waals surface area contributed by atoms with Gasteiger partial charge in [-0.25, -0.2) is 0 Å². The summed E-state index contributed by atoms with van der Waals surface area (Å²) in [6.45, 7) is 9.88. The number of methoxy groups -OCH3 is 1. The largest absolute Gasteiger partial charge is 0.497 e. The number of alkyl halides is 3. The number of carbonyl (C=O) groups is 2. The van der Waals surface area contributed by atoms with Gasteiger partial charge < -0.3 is 24.4 Å². The van der Waals surface area contributed by atoms with Crippen molar-refractivity contribution in [2.24, 2.45) is 0 Å². The van der Waals surface area contributed by atoms with E-state index in [0.717, 1.165) is 12.1 Å². The van der Waals surface area contributed by atoms with Crippen LogP contribution in [0.1, 0.15) is 77.6 Å². The number of nitrogens with one attached hydrogen (secondary N) is 1. The summed E-state index contributed by atoms with van der Waals surface area (Å²) in [7, 11) is 1.49. The second kappa shape index (κ2) is 16.6. The van der Waals surface area contributed by atoms with Crippen molar-refractivity contribution in [2.45, 2.75) is 79.1 Å². The average Bonchev–Trinajstić information content (AvgIpc) is 3.41. The van der Waals surface area contributed by atoms with Gasteiger partial charge in [0.2, 0.25) is 0 Å². The van der Waals surface area contributed by atoms with Gasteiger partial charge in [0.1, 0.15) is 23.1 Å². The molecule has 1 aliphatic heterocycles. The standard InChI is InChI=1S/C32H34ClF3N2O5.C2H6.CH4/c1-31(2,3)43-28(39)6-5-15-42-26-18-24(17-25(19-26)41-4)37-29(21-8-11-23(33)12-9-21)30(40)38-14-13-20-7-10-22(16-27(20)38)32(34,35)36;1-2;/h7-12,16-19,29,37H,5-6,13-15H2,1-4H3;1-2H3;1H4. The van der Waals surface area contributed by atoms with Crippen LogP contribution in [0.2, 0.25) is 5.02 Å². The van der Waals surface area contributed by atoms with E-state index in [0.29, 0.717) is 46.2 Å². The summed E-state index contributed by atoms with van der Waals surface area (Å²) in [5.74, 6) is 0.146. The van der Waals surface area contributed by atoms with E-state index in [1.165, 1.54) is 18.1 Å². The van der Waals surface area contributed by atoms with Gasteiger partial charge in [-0.2, -0.15) is 13.2 Å². The summed E-state index contributed by atoms with van der Waals surface area (Å²) in [6, 6.07) is 14.2. The lowest BCUT2D eigenvalue weighted by Gasteiger charge is -2.27. The molecule has 1 unspecified atom stereocenters. The Morgan fingerprint density at radius 1 is 0.978 bits per heavy atom. The minimum Gasteiger partial charge on any atom is -0.497 e. The number of anilines is 2. The van der Waals surface area contributed by atoms with Crippen LogP contribution in [0.15, 0.2) is 60.7 Å². The Morgan fingerprint density at radius 2 is 1.63 bits per heavy atom. The van der Waals surface area contributed by atoms with E-state index in [1.807, 2.05) is 13.8 Å². The number of nitrogens with zero attached hydrogens (tertiary/aromatic N) is 1. The van der Waals surface area contributed by atoms with Crippen molar-refractivity contribution in [3.63, 3.8) is 0 Å². The van der Waals surface area contributed by atoms with Crippen LogP contribution in [0.25, 0.3) is 0 Å². The Hall–Kier alpha value is -3.92. The predicted octanol–water partition coefficient (Wildman–Crippen LogP) is 9.27. The molecule has 0 fully saturated rings. The molecule has 3 aromatic rings. The van der Waals surface area contributed by atoms with E-state index < -0.39 is 29.3 Å². The molecule has 11 heteroatoms. The van der Waals surface area contributed by atoms with Gasteiger partial charge in [-0.05, 0) is 69.0 Å². The molecule has 1 N–H and O–H groups in total. The van der Waals surface area contributed by atoms with Crippen molar-refractivity contribution < 1.29 is 37.0 Å². The maximum atomic E-state index is 14.0. The van der Waals surface area contributed by atoms with Crippen molar-refractivity contribution in [3.8, 4) is 11.5 Å². The minimum atomic E-state index is -4.54. The van der Waals surface area contributed by atoms with Crippen LogP contribution in [0, 0.1) is 0 Å². The molecule has 0 saturated heterocycles. The van der Waals surface area contributed by atoms with Crippen molar-refractivity contribution in [2.75, 3.05) is 30.5 Å². The topological polar surface area (TPSA) is 77.1 Å². The fourth-order valence-corrected chi connectivity index (χ4v) is 4.83. The Morgan fingerprint density at radius 3 is 2.24 bits per heavy atom. The van der Waals surface area contributed by atoms with Crippen molar-refractivity contribution in [1.82, 2.24) is 0 Å². The molecule has 7 nitrogen and oxygen atoms in total. The highest BCUT2D eigenvalue weighted by Gasteiger charge is 2.36. The first-order chi connectivity index (χ1) is 21.2. The molecular weight excluding hydrogens is 621 g/mol. The summed E-state index contributed by atoms with van der Waals surface area (Å²) in [6.07, 6.45) is -3.49. The number of benzene rings is 3. The van der Waals surface area contributed by atoms with E-state index >= 15 is 0 Å². The number of ether oxygens (including phenoxy) is 3. The monoisotopic (exact) mass is 664 g/mol. The third kappa shape index (κ3) is 10.6. The highest BCUT2D eigenvalue weighted by atomic mass is 35.5. The predicted molar refractivity (Wildman–Crippen MR) is 177 cm³/mol. The second-order valence-corrected chi connectivity index (χ2v) is 11.6. The molecule has 0 saturated carbocycles. The Kier molecular flexibility index (Phi) is 13.8. The number of halogens is 4. The average molecular weight is 665 g/mol.